The second-order valence-electron chi connectivity index (χ2n) is 4.09. The van der Waals surface area contributed by atoms with Crippen LogP contribution in [0.4, 0.5) is 0 Å². The van der Waals surface area contributed by atoms with Crippen molar-refractivity contribution in [2.45, 2.75) is 13.2 Å². The molecule has 1 aliphatic rings. The van der Waals surface area contributed by atoms with Crippen molar-refractivity contribution in [3.05, 3.63) is 47.7 Å². The third-order valence-electron chi connectivity index (χ3n) is 2.87. The smallest absolute Gasteiger partial charge is 0.333 e. The lowest BCUT2D eigenvalue weighted by Gasteiger charge is -2.21. The van der Waals surface area contributed by atoms with Crippen molar-refractivity contribution >= 4 is 17.8 Å². The molecule has 2 rings (SSSR count). The number of methoxy groups -OCH3 is 1. The Morgan fingerprint density at radius 1 is 1.20 bits per heavy atom. The summed E-state index contributed by atoms with van der Waals surface area (Å²) in [5, 5.41) is 0. The van der Waals surface area contributed by atoms with Crippen LogP contribution < -0.4 is 0 Å². The second kappa shape index (κ2) is 5.56. The van der Waals surface area contributed by atoms with Crippen LogP contribution >= 0.6 is 0 Å². The van der Waals surface area contributed by atoms with Crippen LogP contribution in [0.25, 0.3) is 0 Å². The van der Waals surface area contributed by atoms with E-state index in [0.29, 0.717) is 11.1 Å². The maximum Gasteiger partial charge on any atom is 0.333 e. The molecule has 0 bridgehead atoms. The van der Waals surface area contributed by atoms with Gasteiger partial charge in [0.25, 0.3) is 11.8 Å². The van der Waals surface area contributed by atoms with Crippen LogP contribution in [0.5, 0.6) is 0 Å². The molecule has 0 fully saturated rings. The third-order valence-corrected chi connectivity index (χ3v) is 2.87. The normalized spacial score (nSPS) is 15.4. The summed E-state index contributed by atoms with van der Waals surface area (Å²) in [7, 11) is 1.24. The summed E-state index contributed by atoms with van der Waals surface area (Å²) in [6.45, 7) is 1.54. The van der Waals surface area contributed by atoms with Gasteiger partial charge in [-0.1, -0.05) is 12.1 Å². The minimum atomic E-state index is -0.816. The molecule has 0 aromatic heterocycles. The molecule has 6 heteroatoms. The van der Waals surface area contributed by atoms with E-state index < -0.39 is 24.0 Å². The average Bonchev–Trinajstić information content (AvgIpc) is 2.71. The molecule has 1 unspecified atom stereocenters. The molecule has 0 spiro atoms. The van der Waals surface area contributed by atoms with E-state index in [1.165, 1.54) is 7.11 Å². The zero-order chi connectivity index (χ0) is 14.7. The molecule has 0 saturated carbocycles. The van der Waals surface area contributed by atoms with E-state index in [1.807, 2.05) is 0 Å². The van der Waals surface area contributed by atoms with Gasteiger partial charge in [0.2, 0.25) is 0 Å². The van der Waals surface area contributed by atoms with Crippen LogP contribution in [0.1, 0.15) is 27.6 Å². The molecule has 1 aliphatic heterocycles. The number of amides is 2. The highest BCUT2D eigenvalue weighted by Gasteiger charge is 2.38. The zero-order valence-electron chi connectivity index (χ0n) is 11.0. The molecule has 104 valence electrons. The molecule has 1 atom stereocenters. The number of imide groups is 1. The molecule has 0 saturated heterocycles. The van der Waals surface area contributed by atoms with Crippen molar-refractivity contribution in [1.29, 1.82) is 0 Å². The molecule has 0 aliphatic carbocycles. The highest BCUT2D eigenvalue weighted by Crippen LogP contribution is 2.24. The number of ether oxygens (including phenoxy) is 2. The Labute approximate surface area is 115 Å². The van der Waals surface area contributed by atoms with Crippen LogP contribution in [0.2, 0.25) is 0 Å². The molecule has 0 radical (unpaired) electrons. The first kappa shape index (κ1) is 13.8. The van der Waals surface area contributed by atoms with Gasteiger partial charge in [-0.25, -0.2) is 9.69 Å². The van der Waals surface area contributed by atoms with E-state index in [2.05, 4.69) is 4.74 Å². The number of hydrogen-bond donors (Lipinski definition) is 0. The molecule has 0 N–H and O–H groups in total. The number of carbonyl (C=O) groups excluding carboxylic acids is 3. The van der Waals surface area contributed by atoms with Gasteiger partial charge in [-0.3, -0.25) is 9.59 Å². The van der Waals surface area contributed by atoms with Crippen molar-refractivity contribution in [3.8, 4) is 0 Å². The SMILES string of the molecule is COC(=O)C=COC(C)N1C(=O)c2ccccc2C1=O. The lowest BCUT2D eigenvalue weighted by molar-refractivity contribution is -0.135. The Morgan fingerprint density at radius 2 is 1.75 bits per heavy atom. The number of benzene rings is 1. The lowest BCUT2D eigenvalue weighted by Crippen LogP contribution is -2.38. The van der Waals surface area contributed by atoms with Gasteiger partial charge in [0, 0.05) is 0 Å². The molecule has 2 amide bonds. The van der Waals surface area contributed by atoms with Gasteiger partial charge in [-0.05, 0) is 19.1 Å². The summed E-state index contributed by atoms with van der Waals surface area (Å²) in [6, 6.07) is 6.56. The maximum atomic E-state index is 12.1. The topological polar surface area (TPSA) is 72.9 Å². The minimum absolute atomic E-state index is 0.352. The van der Waals surface area contributed by atoms with Gasteiger partial charge >= 0.3 is 5.97 Å². The first-order valence-corrected chi connectivity index (χ1v) is 5.93. The van der Waals surface area contributed by atoms with Crippen molar-refractivity contribution < 1.29 is 23.9 Å². The van der Waals surface area contributed by atoms with Crippen molar-refractivity contribution in [3.63, 3.8) is 0 Å². The standard InChI is InChI=1S/C14H13NO5/c1-9(20-8-7-12(16)19-2)15-13(17)10-5-3-4-6-11(10)14(15)18/h3-9H,1-2H3. The largest absolute Gasteiger partial charge is 0.478 e. The van der Waals surface area contributed by atoms with E-state index in [-0.39, 0.29) is 0 Å². The van der Waals surface area contributed by atoms with E-state index in [9.17, 15) is 14.4 Å². The first-order chi connectivity index (χ1) is 9.56. The fourth-order valence-corrected chi connectivity index (χ4v) is 1.88. The molecule has 1 heterocycles. The number of nitrogens with zero attached hydrogens (tertiary/aromatic N) is 1. The Balaban J connectivity index is 2.11. The Morgan fingerprint density at radius 3 is 2.25 bits per heavy atom. The van der Waals surface area contributed by atoms with Gasteiger partial charge in [0.15, 0.2) is 6.23 Å². The van der Waals surface area contributed by atoms with Crippen molar-refractivity contribution in [2.24, 2.45) is 0 Å². The maximum absolute atomic E-state index is 12.1. The number of rotatable bonds is 4. The number of fused-ring (bicyclic) bond motifs is 1. The van der Waals surface area contributed by atoms with Gasteiger partial charge in [-0.15, -0.1) is 0 Å². The van der Waals surface area contributed by atoms with Gasteiger partial charge in [-0.2, -0.15) is 0 Å². The average molecular weight is 275 g/mol. The van der Waals surface area contributed by atoms with Gasteiger partial charge < -0.3 is 9.47 Å². The number of carbonyl (C=O) groups is 3. The highest BCUT2D eigenvalue weighted by molar-refractivity contribution is 6.21. The highest BCUT2D eigenvalue weighted by atomic mass is 16.5. The second-order valence-corrected chi connectivity index (χ2v) is 4.09. The summed E-state index contributed by atoms with van der Waals surface area (Å²) < 4.78 is 9.57. The van der Waals surface area contributed by atoms with Crippen LogP contribution in [0.15, 0.2) is 36.6 Å². The van der Waals surface area contributed by atoms with Crippen LogP contribution in [-0.4, -0.2) is 36.0 Å². The van der Waals surface area contributed by atoms with E-state index in [1.54, 1.807) is 31.2 Å². The number of esters is 1. The third kappa shape index (κ3) is 2.40. The Bertz CT molecular complexity index is 558. The fourth-order valence-electron chi connectivity index (χ4n) is 1.88. The Kier molecular flexibility index (Phi) is 3.84. The fraction of sp³-hybridized carbons (Fsp3) is 0.214. The monoisotopic (exact) mass is 275 g/mol. The summed E-state index contributed by atoms with van der Waals surface area (Å²) >= 11 is 0. The zero-order valence-corrected chi connectivity index (χ0v) is 11.0. The summed E-state index contributed by atoms with van der Waals surface area (Å²) in [5.74, 6) is -1.41. The van der Waals surface area contributed by atoms with Gasteiger partial charge in [0.1, 0.15) is 0 Å². The molecule has 1 aromatic carbocycles. The van der Waals surface area contributed by atoms with Crippen LogP contribution in [0, 0.1) is 0 Å². The summed E-state index contributed by atoms with van der Waals surface area (Å²) in [6.07, 6.45) is 1.35. The van der Waals surface area contributed by atoms with E-state index >= 15 is 0 Å². The molecule has 6 nitrogen and oxygen atoms in total. The quantitative estimate of drug-likeness (QED) is 0.359. The Hall–Kier alpha value is -2.63. The number of hydrogen-bond acceptors (Lipinski definition) is 5. The minimum Gasteiger partial charge on any atom is -0.478 e. The predicted molar refractivity (Wildman–Crippen MR) is 68.6 cm³/mol. The predicted octanol–water partition coefficient (Wildman–Crippen LogP) is 1.33. The van der Waals surface area contributed by atoms with Crippen LogP contribution in [-0.2, 0) is 14.3 Å². The first-order valence-electron chi connectivity index (χ1n) is 5.93. The molecule has 1 aromatic rings. The molecule has 20 heavy (non-hydrogen) atoms. The summed E-state index contributed by atoms with van der Waals surface area (Å²) in [5.41, 5.74) is 0.704. The summed E-state index contributed by atoms with van der Waals surface area (Å²) in [4.78, 5) is 36.1. The lowest BCUT2D eigenvalue weighted by atomic mass is 10.1. The molecular formula is C14H13NO5. The van der Waals surface area contributed by atoms with Crippen LogP contribution in [0.3, 0.4) is 0 Å². The van der Waals surface area contributed by atoms with Crippen molar-refractivity contribution in [1.82, 2.24) is 4.90 Å². The van der Waals surface area contributed by atoms with E-state index in [4.69, 9.17) is 4.74 Å². The van der Waals surface area contributed by atoms with Crippen molar-refractivity contribution in [2.75, 3.05) is 7.11 Å². The molecular weight excluding hydrogens is 262 g/mol. The van der Waals surface area contributed by atoms with E-state index in [0.717, 1.165) is 17.2 Å². The van der Waals surface area contributed by atoms with Gasteiger partial charge in [0.05, 0.1) is 30.6 Å².